The lowest BCUT2D eigenvalue weighted by atomic mass is 9.97. The summed E-state index contributed by atoms with van der Waals surface area (Å²) in [5, 5.41) is 14.5. The molecule has 22 heavy (non-hydrogen) atoms. The lowest BCUT2D eigenvalue weighted by Gasteiger charge is -2.35. The summed E-state index contributed by atoms with van der Waals surface area (Å²) in [5.41, 5.74) is 2.11. The molecule has 124 valence electrons. The molecule has 0 radical (unpaired) electrons. The van der Waals surface area contributed by atoms with Gasteiger partial charge in [-0.1, -0.05) is 12.1 Å². The van der Waals surface area contributed by atoms with Crippen molar-refractivity contribution in [1.29, 1.82) is 0 Å². The maximum absolute atomic E-state index is 11.1. The SMILES string of the molecule is Cc1ccc([C@@H](C2CC2)N2CCNCC2)cc1[N+](=O)[O-].Cl.Cl. The average Bonchev–Trinajstić information content (AvgIpc) is 3.26. The predicted octanol–water partition coefficient (Wildman–Crippen LogP) is 3.10. The Hall–Kier alpha value is -0.880. The molecular weight excluding hydrogens is 325 g/mol. The number of piperazine rings is 1. The van der Waals surface area contributed by atoms with E-state index in [9.17, 15) is 10.1 Å². The molecule has 1 aliphatic carbocycles. The monoisotopic (exact) mass is 347 g/mol. The Bertz CT molecular complexity index is 518. The smallest absolute Gasteiger partial charge is 0.272 e. The highest BCUT2D eigenvalue weighted by Gasteiger charge is 2.37. The van der Waals surface area contributed by atoms with Crippen LogP contribution in [0.3, 0.4) is 0 Å². The van der Waals surface area contributed by atoms with E-state index >= 15 is 0 Å². The van der Waals surface area contributed by atoms with Gasteiger partial charge in [-0.25, -0.2) is 0 Å². The van der Waals surface area contributed by atoms with E-state index in [2.05, 4.69) is 16.3 Å². The van der Waals surface area contributed by atoms with Crippen LogP contribution in [0, 0.1) is 23.0 Å². The Morgan fingerprint density at radius 3 is 2.45 bits per heavy atom. The minimum atomic E-state index is -0.263. The Labute approximate surface area is 143 Å². The molecule has 1 aliphatic heterocycles. The lowest BCUT2D eigenvalue weighted by Crippen LogP contribution is -2.45. The molecule has 7 heteroatoms. The van der Waals surface area contributed by atoms with Crippen molar-refractivity contribution in [3.05, 3.63) is 39.4 Å². The van der Waals surface area contributed by atoms with Crippen LogP contribution in [0.2, 0.25) is 0 Å². The highest BCUT2D eigenvalue weighted by molar-refractivity contribution is 5.85. The molecule has 1 saturated heterocycles. The van der Waals surface area contributed by atoms with Crippen molar-refractivity contribution in [2.75, 3.05) is 26.2 Å². The van der Waals surface area contributed by atoms with E-state index in [1.807, 2.05) is 6.07 Å². The predicted molar refractivity (Wildman–Crippen MR) is 92.2 cm³/mol. The number of nitro groups is 1. The maximum atomic E-state index is 11.1. The van der Waals surface area contributed by atoms with Crippen molar-refractivity contribution in [3.63, 3.8) is 0 Å². The molecule has 3 rings (SSSR count). The molecule has 0 unspecified atom stereocenters. The van der Waals surface area contributed by atoms with E-state index in [0.717, 1.165) is 37.3 Å². The maximum Gasteiger partial charge on any atom is 0.272 e. The third-order valence-corrected chi connectivity index (χ3v) is 4.38. The van der Waals surface area contributed by atoms with Crippen molar-refractivity contribution in [1.82, 2.24) is 10.2 Å². The second kappa shape index (κ2) is 8.11. The largest absolute Gasteiger partial charge is 0.314 e. The van der Waals surface area contributed by atoms with Crippen molar-refractivity contribution in [2.24, 2.45) is 5.92 Å². The Kier molecular flexibility index (Phi) is 7.06. The van der Waals surface area contributed by atoms with Crippen LogP contribution in [0.5, 0.6) is 0 Å². The number of nitrogens with zero attached hydrogens (tertiary/aromatic N) is 2. The van der Waals surface area contributed by atoms with Crippen molar-refractivity contribution >= 4 is 30.5 Å². The van der Waals surface area contributed by atoms with Gasteiger partial charge in [0.2, 0.25) is 0 Å². The summed E-state index contributed by atoms with van der Waals surface area (Å²) in [6, 6.07) is 6.12. The van der Waals surface area contributed by atoms with E-state index in [0.29, 0.717) is 12.0 Å². The summed E-state index contributed by atoms with van der Waals surface area (Å²) >= 11 is 0. The molecule has 0 spiro atoms. The molecule has 1 aromatic carbocycles. The van der Waals surface area contributed by atoms with Crippen LogP contribution in [-0.4, -0.2) is 36.0 Å². The molecule has 1 saturated carbocycles. The molecule has 0 bridgehead atoms. The molecule has 5 nitrogen and oxygen atoms in total. The van der Waals surface area contributed by atoms with Crippen LogP contribution < -0.4 is 5.32 Å². The molecule has 1 N–H and O–H groups in total. The van der Waals surface area contributed by atoms with E-state index in [-0.39, 0.29) is 35.4 Å². The van der Waals surface area contributed by atoms with Crippen LogP contribution in [-0.2, 0) is 0 Å². The number of nitrogens with one attached hydrogen (secondary N) is 1. The summed E-state index contributed by atoms with van der Waals surface area (Å²) in [5.74, 6) is 0.676. The first-order valence-corrected chi connectivity index (χ1v) is 7.36. The first-order valence-electron chi connectivity index (χ1n) is 7.36. The van der Waals surface area contributed by atoms with Gasteiger partial charge in [0.25, 0.3) is 5.69 Å². The van der Waals surface area contributed by atoms with Gasteiger partial charge in [0.05, 0.1) is 4.92 Å². The highest BCUT2D eigenvalue weighted by Crippen LogP contribution is 2.45. The minimum absolute atomic E-state index is 0. The Balaban J connectivity index is 0.00000121. The van der Waals surface area contributed by atoms with Gasteiger partial charge >= 0.3 is 0 Å². The topological polar surface area (TPSA) is 58.4 Å². The molecule has 0 amide bonds. The second-order valence-electron chi connectivity index (χ2n) is 5.87. The zero-order chi connectivity index (χ0) is 14.1. The summed E-state index contributed by atoms with van der Waals surface area (Å²) in [6.07, 6.45) is 2.49. The number of hydrogen-bond acceptors (Lipinski definition) is 4. The average molecular weight is 348 g/mol. The van der Waals surface area contributed by atoms with Gasteiger partial charge in [-0.2, -0.15) is 0 Å². The van der Waals surface area contributed by atoms with E-state index < -0.39 is 0 Å². The summed E-state index contributed by atoms with van der Waals surface area (Å²) in [4.78, 5) is 13.4. The molecule has 1 heterocycles. The van der Waals surface area contributed by atoms with Crippen LogP contribution in [0.15, 0.2) is 18.2 Å². The van der Waals surface area contributed by atoms with E-state index in [4.69, 9.17) is 0 Å². The number of hydrogen-bond donors (Lipinski definition) is 1. The van der Waals surface area contributed by atoms with Gasteiger partial charge in [-0.3, -0.25) is 15.0 Å². The van der Waals surface area contributed by atoms with E-state index in [1.54, 1.807) is 13.0 Å². The van der Waals surface area contributed by atoms with Crippen molar-refractivity contribution < 1.29 is 4.92 Å². The van der Waals surface area contributed by atoms with Crippen LogP contribution in [0.4, 0.5) is 5.69 Å². The van der Waals surface area contributed by atoms with Gasteiger partial charge in [0.15, 0.2) is 0 Å². The van der Waals surface area contributed by atoms with Gasteiger partial charge in [-0.15, -0.1) is 24.8 Å². The number of nitro benzene ring substituents is 1. The molecule has 1 atom stereocenters. The van der Waals surface area contributed by atoms with Gasteiger partial charge < -0.3 is 5.32 Å². The summed E-state index contributed by atoms with van der Waals surface area (Å²) in [6.45, 7) is 5.89. The van der Waals surface area contributed by atoms with E-state index in [1.165, 1.54) is 12.8 Å². The Morgan fingerprint density at radius 1 is 1.27 bits per heavy atom. The normalized spacial score (nSPS) is 19.7. The molecule has 1 aromatic rings. The number of rotatable bonds is 4. The number of aryl methyl sites for hydroxylation is 1. The molecule has 2 aliphatic rings. The number of benzene rings is 1. The van der Waals surface area contributed by atoms with Crippen LogP contribution >= 0.6 is 24.8 Å². The molecular formula is C15H23Cl2N3O2. The van der Waals surface area contributed by atoms with Crippen LogP contribution in [0.25, 0.3) is 0 Å². The minimum Gasteiger partial charge on any atom is -0.314 e. The first kappa shape index (κ1) is 19.2. The highest BCUT2D eigenvalue weighted by atomic mass is 35.5. The fourth-order valence-corrected chi connectivity index (χ4v) is 3.16. The Morgan fingerprint density at radius 2 is 1.91 bits per heavy atom. The van der Waals surface area contributed by atoms with Crippen molar-refractivity contribution in [2.45, 2.75) is 25.8 Å². The fraction of sp³-hybridized carbons (Fsp3) is 0.600. The third-order valence-electron chi connectivity index (χ3n) is 4.38. The standard InChI is InChI=1S/C15H21N3O2.2ClH/c1-11-2-3-13(10-14(11)18(19)20)15(12-4-5-12)17-8-6-16-7-9-17;;/h2-3,10,12,15-16H,4-9H2,1H3;2*1H/t15-;;/m1../s1. The zero-order valence-electron chi connectivity index (χ0n) is 12.7. The summed E-state index contributed by atoms with van der Waals surface area (Å²) in [7, 11) is 0. The van der Waals surface area contributed by atoms with Gasteiger partial charge in [0.1, 0.15) is 0 Å². The van der Waals surface area contributed by atoms with Crippen molar-refractivity contribution in [3.8, 4) is 0 Å². The van der Waals surface area contributed by atoms with Gasteiger partial charge in [0, 0.05) is 43.9 Å². The van der Waals surface area contributed by atoms with Gasteiger partial charge in [-0.05, 0) is 31.2 Å². The number of halogens is 2. The second-order valence-corrected chi connectivity index (χ2v) is 5.87. The zero-order valence-corrected chi connectivity index (χ0v) is 14.3. The first-order chi connectivity index (χ1) is 9.66. The molecule has 2 fully saturated rings. The third kappa shape index (κ3) is 4.10. The van der Waals surface area contributed by atoms with Crippen LogP contribution in [0.1, 0.15) is 30.0 Å². The quantitative estimate of drug-likeness (QED) is 0.671. The lowest BCUT2D eigenvalue weighted by molar-refractivity contribution is -0.385. The molecule has 0 aromatic heterocycles. The summed E-state index contributed by atoms with van der Waals surface area (Å²) < 4.78 is 0. The fourth-order valence-electron chi connectivity index (χ4n) is 3.16.